The van der Waals surface area contributed by atoms with Crippen LogP contribution in [0.1, 0.15) is 47.1 Å². The molecule has 0 atom stereocenters. The fraction of sp³-hybridized carbons (Fsp3) is 0.579. The molecule has 0 fully saturated rings. The molecule has 22 heavy (non-hydrogen) atoms. The van der Waals surface area contributed by atoms with E-state index in [1.807, 2.05) is 12.1 Å². The summed E-state index contributed by atoms with van der Waals surface area (Å²) in [4.78, 5) is 0. The first-order valence-corrected chi connectivity index (χ1v) is 7.69. The average Bonchev–Trinajstić information content (AvgIpc) is 2.35. The monoisotopic (exact) mass is 306 g/mol. The van der Waals surface area contributed by atoms with Crippen LogP contribution in [0.25, 0.3) is 5.76 Å². The van der Waals surface area contributed by atoms with Gasteiger partial charge in [-0.25, -0.2) is 0 Å². The summed E-state index contributed by atoms with van der Waals surface area (Å²) in [7, 11) is 1.66. The maximum atomic E-state index is 9.72. The van der Waals surface area contributed by atoms with E-state index in [2.05, 4.69) is 41.5 Å². The molecule has 0 bridgehead atoms. The number of aromatic hydroxyl groups is 1. The summed E-state index contributed by atoms with van der Waals surface area (Å²) >= 11 is 0. The molecule has 0 unspecified atom stereocenters. The first kappa shape index (κ1) is 18.6. The topological polar surface area (TPSA) is 38.7 Å². The van der Waals surface area contributed by atoms with Crippen molar-refractivity contribution in [1.29, 1.82) is 0 Å². The van der Waals surface area contributed by atoms with Gasteiger partial charge in [0.15, 0.2) is 0 Å². The summed E-state index contributed by atoms with van der Waals surface area (Å²) in [5.41, 5.74) is 1.99. The van der Waals surface area contributed by atoms with Crippen molar-refractivity contribution in [2.45, 2.75) is 41.5 Å². The van der Waals surface area contributed by atoms with E-state index < -0.39 is 0 Å². The lowest BCUT2D eigenvalue weighted by atomic mass is 9.84. The second kappa shape index (κ2) is 7.19. The van der Waals surface area contributed by atoms with Crippen molar-refractivity contribution in [2.24, 2.45) is 10.8 Å². The number of phenols is 1. The van der Waals surface area contributed by atoms with Gasteiger partial charge in [-0.1, -0.05) is 53.7 Å². The second-order valence-electron chi connectivity index (χ2n) is 7.87. The van der Waals surface area contributed by atoms with E-state index >= 15 is 0 Å². The first-order chi connectivity index (χ1) is 10.0. The molecule has 0 aliphatic heterocycles. The van der Waals surface area contributed by atoms with Crippen LogP contribution in [0.15, 0.2) is 29.8 Å². The zero-order chi connectivity index (χ0) is 17.0. The van der Waals surface area contributed by atoms with Crippen LogP contribution in [0, 0.1) is 10.8 Å². The maximum Gasteiger partial charge on any atom is 0.128 e. The van der Waals surface area contributed by atoms with E-state index in [0.29, 0.717) is 13.2 Å². The highest BCUT2D eigenvalue weighted by Gasteiger charge is 2.24. The highest BCUT2D eigenvalue weighted by atomic mass is 16.5. The van der Waals surface area contributed by atoms with Crippen LogP contribution in [0.5, 0.6) is 5.75 Å². The minimum Gasteiger partial charge on any atom is -0.508 e. The lowest BCUT2D eigenvalue weighted by molar-refractivity contribution is 0.0787. The van der Waals surface area contributed by atoms with Gasteiger partial charge in [-0.3, -0.25) is 0 Å². The van der Waals surface area contributed by atoms with Gasteiger partial charge in [0.2, 0.25) is 0 Å². The van der Waals surface area contributed by atoms with Crippen molar-refractivity contribution >= 4 is 5.76 Å². The normalized spacial score (nSPS) is 13.8. The average molecular weight is 306 g/mol. The van der Waals surface area contributed by atoms with Crippen LogP contribution in [0.2, 0.25) is 0 Å². The molecule has 3 nitrogen and oxygen atoms in total. The summed E-state index contributed by atoms with van der Waals surface area (Å²) < 4.78 is 11.6. The molecule has 0 aliphatic rings. The van der Waals surface area contributed by atoms with Crippen LogP contribution in [0.3, 0.4) is 0 Å². The Morgan fingerprint density at radius 3 is 2.18 bits per heavy atom. The van der Waals surface area contributed by atoms with Crippen molar-refractivity contribution in [3.05, 3.63) is 35.4 Å². The molecule has 0 amide bonds. The molecular formula is C19H30O3. The lowest BCUT2D eigenvalue weighted by Gasteiger charge is -2.28. The molecule has 0 saturated carbocycles. The molecule has 0 spiro atoms. The quantitative estimate of drug-likeness (QED) is 0.790. The third-order valence-corrected chi connectivity index (χ3v) is 3.27. The van der Waals surface area contributed by atoms with Gasteiger partial charge in [0.05, 0.1) is 20.3 Å². The van der Waals surface area contributed by atoms with Gasteiger partial charge in [0.25, 0.3) is 0 Å². The number of methoxy groups -OCH3 is 1. The van der Waals surface area contributed by atoms with Gasteiger partial charge in [-0.2, -0.15) is 0 Å². The molecule has 1 N–H and O–H groups in total. The van der Waals surface area contributed by atoms with Crippen LogP contribution in [-0.2, 0) is 9.47 Å². The highest BCUT2D eigenvalue weighted by Crippen LogP contribution is 2.34. The first-order valence-electron chi connectivity index (χ1n) is 7.69. The molecular weight excluding hydrogens is 276 g/mol. The van der Waals surface area contributed by atoms with Crippen molar-refractivity contribution < 1.29 is 14.6 Å². The maximum absolute atomic E-state index is 9.72. The van der Waals surface area contributed by atoms with E-state index in [9.17, 15) is 5.11 Å². The SMILES string of the molecule is COC(=C(COCC(C)(C)C)C(C)(C)C)c1cccc(O)c1. The molecule has 0 aliphatic carbocycles. The number of ether oxygens (including phenoxy) is 2. The standard InChI is InChI=1S/C19H30O3/c1-18(2,3)13-22-12-16(19(4,5)6)17(21-7)14-9-8-10-15(20)11-14/h8-11,20H,12-13H2,1-7H3. The van der Waals surface area contributed by atoms with E-state index in [0.717, 1.165) is 16.9 Å². The predicted octanol–water partition coefficient (Wildman–Crippen LogP) is 4.86. The Hall–Kier alpha value is -1.48. The number of rotatable bonds is 5. The van der Waals surface area contributed by atoms with E-state index in [1.54, 1.807) is 19.2 Å². The van der Waals surface area contributed by atoms with Gasteiger partial charge >= 0.3 is 0 Å². The van der Waals surface area contributed by atoms with Crippen LogP contribution in [-0.4, -0.2) is 25.4 Å². The Balaban J connectivity index is 3.15. The van der Waals surface area contributed by atoms with Gasteiger partial charge in [-0.05, 0) is 23.0 Å². The molecule has 0 radical (unpaired) electrons. The Kier molecular flexibility index (Phi) is 6.07. The third-order valence-electron chi connectivity index (χ3n) is 3.27. The predicted molar refractivity (Wildman–Crippen MR) is 91.8 cm³/mol. The van der Waals surface area contributed by atoms with Crippen molar-refractivity contribution in [3.63, 3.8) is 0 Å². The molecule has 0 heterocycles. The van der Waals surface area contributed by atoms with Crippen molar-refractivity contribution in [2.75, 3.05) is 20.3 Å². The smallest absolute Gasteiger partial charge is 0.128 e. The summed E-state index contributed by atoms with van der Waals surface area (Å²) in [6.45, 7) is 14.1. The molecule has 0 saturated heterocycles. The van der Waals surface area contributed by atoms with Gasteiger partial charge < -0.3 is 14.6 Å². The van der Waals surface area contributed by atoms with E-state index in [1.165, 1.54) is 0 Å². The third kappa shape index (κ3) is 5.72. The zero-order valence-electron chi connectivity index (χ0n) is 15.0. The minimum absolute atomic E-state index is 0.0886. The van der Waals surface area contributed by atoms with Crippen molar-refractivity contribution in [3.8, 4) is 5.75 Å². The zero-order valence-corrected chi connectivity index (χ0v) is 15.0. The summed E-state index contributed by atoms with van der Waals surface area (Å²) in [6, 6.07) is 7.13. The van der Waals surface area contributed by atoms with Gasteiger partial charge in [0.1, 0.15) is 11.5 Å². The number of phenolic OH excluding ortho intramolecular Hbond substituents is 1. The fourth-order valence-electron chi connectivity index (χ4n) is 2.14. The van der Waals surface area contributed by atoms with Gasteiger partial charge in [0, 0.05) is 11.1 Å². The Morgan fingerprint density at radius 2 is 1.73 bits per heavy atom. The summed E-state index contributed by atoms with van der Waals surface area (Å²) in [6.07, 6.45) is 0. The number of benzene rings is 1. The molecule has 0 aromatic heterocycles. The lowest BCUT2D eigenvalue weighted by Crippen LogP contribution is -2.21. The van der Waals surface area contributed by atoms with E-state index in [-0.39, 0.29) is 16.6 Å². The largest absolute Gasteiger partial charge is 0.508 e. The molecule has 1 aromatic rings. The molecule has 1 rings (SSSR count). The van der Waals surface area contributed by atoms with Gasteiger partial charge in [-0.15, -0.1) is 0 Å². The van der Waals surface area contributed by atoms with Crippen LogP contribution in [0.4, 0.5) is 0 Å². The Bertz CT molecular complexity index is 516. The fourth-order valence-corrected chi connectivity index (χ4v) is 2.14. The molecule has 1 aromatic carbocycles. The number of hydrogen-bond acceptors (Lipinski definition) is 3. The molecule has 124 valence electrons. The summed E-state index contributed by atoms with van der Waals surface area (Å²) in [5.74, 6) is 1.01. The Morgan fingerprint density at radius 1 is 1.09 bits per heavy atom. The highest BCUT2D eigenvalue weighted by molar-refractivity contribution is 5.65. The van der Waals surface area contributed by atoms with Crippen molar-refractivity contribution in [1.82, 2.24) is 0 Å². The number of hydrogen-bond donors (Lipinski definition) is 1. The summed E-state index contributed by atoms with van der Waals surface area (Å²) in [5, 5.41) is 9.72. The second-order valence-corrected chi connectivity index (χ2v) is 7.87. The van der Waals surface area contributed by atoms with Crippen LogP contribution >= 0.6 is 0 Å². The minimum atomic E-state index is -0.0886. The van der Waals surface area contributed by atoms with E-state index in [4.69, 9.17) is 9.47 Å². The Labute approximate surface area is 135 Å². The van der Waals surface area contributed by atoms with Crippen LogP contribution < -0.4 is 0 Å². The molecule has 3 heteroatoms.